The number of rotatable bonds is 12. The molecule has 1 unspecified atom stereocenters. The van der Waals surface area contributed by atoms with Gasteiger partial charge >= 0.3 is 24.2 Å². The van der Waals surface area contributed by atoms with Gasteiger partial charge in [-0.25, -0.2) is 9.59 Å². The Morgan fingerprint density at radius 3 is 2.03 bits per heavy atom. The molecule has 184 valence electrons. The Bertz CT molecular complexity index is 840. The van der Waals surface area contributed by atoms with Crippen molar-refractivity contribution in [1.82, 2.24) is 0 Å². The maximum atomic E-state index is 12.0. The monoisotopic (exact) mass is 469 g/mol. The summed E-state index contributed by atoms with van der Waals surface area (Å²) in [5.41, 5.74) is 4.68. The van der Waals surface area contributed by atoms with Crippen LogP contribution in [0.5, 0.6) is 11.5 Å². The summed E-state index contributed by atoms with van der Waals surface area (Å²) in [4.78, 5) is 46.8. The van der Waals surface area contributed by atoms with Gasteiger partial charge < -0.3 is 34.5 Å². The molecule has 0 bridgehead atoms. The maximum absolute atomic E-state index is 12.0. The quantitative estimate of drug-likeness (QED) is 0.263. The first kappa shape index (κ1) is 27.7. The number of aliphatic carboxylic acids is 1. The second-order valence-corrected chi connectivity index (χ2v) is 7.44. The summed E-state index contributed by atoms with van der Waals surface area (Å²) >= 11 is 0. The van der Waals surface area contributed by atoms with E-state index in [1.165, 1.54) is 32.0 Å². The first-order valence-corrected chi connectivity index (χ1v) is 10.5. The fraction of sp³-hybridized carbons (Fsp3) is 0.545. The molecule has 0 fully saturated rings. The average Bonchev–Trinajstić information content (AvgIpc) is 2.71. The molecular formula is C22H31NO10. The van der Waals surface area contributed by atoms with Gasteiger partial charge in [-0.3, -0.25) is 9.59 Å². The minimum Gasteiger partial charge on any atom is -0.480 e. The highest BCUT2D eigenvalue weighted by Crippen LogP contribution is 2.31. The number of benzene rings is 1. The summed E-state index contributed by atoms with van der Waals surface area (Å²) in [5, 5.41) is 9.69. The van der Waals surface area contributed by atoms with E-state index in [4.69, 9.17) is 29.4 Å². The lowest BCUT2D eigenvalue weighted by Crippen LogP contribution is -2.52. The predicted octanol–water partition coefficient (Wildman–Crippen LogP) is 3.20. The number of ether oxygens (including phenoxy) is 5. The fourth-order valence-electron chi connectivity index (χ4n) is 2.87. The van der Waals surface area contributed by atoms with E-state index in [9.17, 15) is 24.3 Å². The smallest absolute Gasteiger partial charge is 0.480 e. The number of nitrogens with two attached hydrogens (primary N) is 1. The molecule has 0 saturated carbocycles. The van der Waals surface area contributed by atoms with E-state index in [0.717, 1.165) is 0 Å². The lowest BCUT2D eigenvalue weighted by molar-refractivity contribution is -0.151. The van der Waals surface area contributed by atoms with Crippen molar-refractivity contribution in [3.63, 3.8) is 0 Å². The first-order valence-electron chi connectivity index (χ1n) is 10.5. The van der Waals surface area contributed by atoms with E-state index in [1.54, 1.807) is 6.92 Å². The number of carboxylic acid groups (broad SMARTS) is 1. The zero-order valence-corrected chi connectivity index (χ0v) is 19.3. The molecule has 0 spiro atoms. The van der Waals surface area contributed by atoms with E-state index in [2.05, 4.69) is 0 Å². The highest BCUT2D eigenvalue weighted by atomic mass is 16.7. The molecule has 0 amide bonds. The van der Waals surface area contributed by atoms with Crippen LogP contribution in [0.3, 0.4) is 0 Å². The summed E-state index contributed by atoms with van der Waals surface area (Å²) in [5.74, 6) is -2.18. The second kappa shape index (κ2) is 13.3. The van der Waals surface area contributed by atoms with Crippen LogP contribution in [0.2, 0.25) is 0 Å². The molecule has 0 saturated heterocycles. The largest absolute Gasteiger partial charge is 0.513 e. The predicted molar refractivity (Wildman–Crippen MR) is 115 cm³/mol. The zero-order valence-electron chi connectivity index (χ0n) is 19.3. The lowest BCUT2D eigenvalue weighted by atomic mass is 9.86. The lowest BCUT2D eigenvalue weighted by Gasteiger charge is -2.28. The Morgan fingerprint density at radius 2 is 1.55 bits per heavy atom. The van der Waals surface area contributed by atoms with E-state index in [-0.39, 0.29) is 37.6 Å². The van der Waals surface area contributed by atoms with Crippen LogP contribution in [-0.4, -0.2) is 54.2 Å². The second-order valence-electron chi connectivity index (χ2n) is 7.44. The summed E-state index contributed by atoms with van der Waals surface area (Å²) in [6.07, 6.45) is -1.99. The molecule has 0 aromatic heterocycles. The minimum absolute atomic E-state index is 0.117. The first-order chi connectivity index (χ1) is 15.5. The third kappa shape index (κ3) is 9.77. The molecule has 0 aliphatic rings. The summed E-state index contributed by atoms with van der Waals surface area (Å²) in [6, 6.07) is 4.10. The van der Waals surface area contributed by atoms with Gasteiger partial charge in [0.15, 0.2) is 11.5 Å². The van der Waals surface area contributed by atoms with Gasteiger partial charge in [-0.05, 0) is 37.5 Å². The Hall–Kier alpha value is -3.34. The standard InChI is InChI=1S/C22H31NO10/c1-5-9-29-20(27)32-17-8-7-16(11-18(17)33-21(28)30-10-6-2)13-22(23,19(25)26)12-14(3)31-15(4)24/h7-8,11,14H,5-6,9-10,12-13,23H2,1-4H3,(H,25,26)/t14-,22?/m0/s1. The van der Waals surface area contributed by atoms with E-state index in [1.807, 2.05) is 6.92 Å². The van der Waals surface area contributed by atoms with E-state index < -0.39 is 35.9 Å². The third-order valence-corrected chi connectivity index (χ3v) is 4.21. The van der Waals surface area contributed by atoms with Crippen molar-refractivity contribution in [2.45, 2.75) is 65.0 Å². The van der Waals surface area contributed by atoms with Crippen LogP contribution in [0.25, 0.3) is 0 Å². The summed E-state index contributed by atoms with van der Waals surface area (Å²) < 4.78 is 25.0. The van der Waals surface area contributed by atoms with Crippen LogP contribution in [0.15, 0.2) is 18.2 Å². The molecule has 2 atom stereocenters. The number of carboxylic acids is 1. The number of carbonyl (C=O) groups is 4. The number of hydrogen-bond donors (Lipinski definition) is 2. The number of carbonyl (C=O) groups excluding carboxylic acids is 3. The summed E-state index contributed by atoms with van der Waals surface area (Å²) in [6.45, 7) is 6.61. The maximum Gasteiger partial charge on any atom is 0.513 e. The highest BCUT2D eigenvalue weighted by Gasteiger charge is 2.37. The van der Waals surface area contributed by atoms with Gasteiger partial charge in [0.2, 0.25) is 0 Å². The van der Waals surface area contributed by atoms with Gasteiger partial charge in [0.25, 0.3) is 0 Å². The van der Waals surface area contributed by atoms with Crippen molar-refractivity contribution in [3.8, 4) is 11.5 Å². The minimum atomic E-state index is -1.79. The van der Waals surface area contributed by atoms with Crippen molar-refractivity contribution >= 4 is 24.2 Å². The molecule has 0 heterocycles. The van der Waals surface area contributed by atoms with Crippen LogP contribution in [-0.2, 0) is 30.2 Å². The molecule has 0 aliphatic carbocycles. The third-order valence-electron chi connectivity index (χ3n) is 4.21. The molecule has 11 nitrogen and oxygen atoms in total. The van der Waals surface area contributed by atoms with Crippen molar-refractivity contribution in [3.05, 3.63) is 23.8 Å². The molecule has 0 radical (unpaired) electrons. The van der Waals surface area contributed by atoms with E-state index in [0.29, 0.717) is 18.4 Å². The molecule has 3 N–H and O–H groups in total. The number of esters is 1. The van der Waals surface area contributed by atoms with Crippen LogP contribution < -0.4 is 15.2 Å². The normalized spacial score (nSPS) is 13.2. The van der Waals surface area contributed by atoms with Gasteiger partial charge in [-0.1, -0.05) is 19.9 Å². The molecule has 1 rings (SSSR count). The zero-order chi connectivity index (χ0) is 25.0. The van der Waals surface area contributed by atoms with Gasteiger partial charge in [0, 0.05) is 19.8 Å². The Kier molecular flexibility index (Phi) is 11.1. The van der Waals surface area contributed by atoms with Crippen molar-refractivity contribution in [2.75, 3.05) is 13.2 Å². The SMILES string of the molecule is CCCOC(=O)Oc1ccc(CC(N)(C[C@H](C)OC(C)=O)C(=O)O)cc1OC(=O)OCCC. The fourth-order valence-corrected chi connectivity index (χ4v) is 2.87. The Labute approximate surface area is 192 Å². The number of hydrogen-bond acceptors (Lipinski definition) is 10. The highest BCUT2D eigenvalue weighted by molar-refractivity contribution is 5.79. The van der Waals surface area contributed by atoms with Gasteiger partial charge in [-0.2, -0.15) is 0 Å². The van der Waals surface area contributed by atoms with Crippen LogP contribution in [0.4, 0.5) is 9.59 Å². The van der Waals surface area contributed by atoms with E-state index >= 15 is 0 Å². The molecule has 33 heavy (non-hydrogen) atoms. The molecule has 11 heteroatoms. The van der Waals surface area contributed by atoms with Crippen molar-refractivity contribution < 1.29 is 48.0 Å². The summed E-state index contributed by atoms with van der Waals surface area (Å²) in [7, 11) is 0. The topological polar surface area (TPSA) is 161 Å². The van der Waals surface area contributed by atoms with Gasteiger partial charge in [-0.15, -0.1) is 0 Å². The van der Waals surface area contributed by atoms with Crippen molar-refractivity contribution in [1.29, 1.82) is 0 Å². The molecule has 1 aromatic carbocycles. The van der Waals surface area contributed by atoms with Crippen LogP contribution >= 0.6 is 0 Å². The molecular weight excluding hydrogens is 438 g/mol. The van der Waals surface area contributed by atoms with Crippen LogP contribution in [0.1, 0.15) is 52.5 Å². The average molecular weight is 469 g/mol. The Morgan fingerprint density at radius 1 is 1.00 bits per heavy atom. The molecule has 0 aliphatic heterocycles. The Balaban J connectivity index is 3.17. The van der Waals surface area contributed by atoms with Crippen LogP contribution in [0, 0.1) is 0 Å². The molecule has 1 aromatic rings. The van der Waals surface area contributed by atoms with Gasteiger partial charge in [0.1, 0.15) is 11.6 Å². The van der Waals surface area contributed by atoms with Crippen molar-refractivity contribution in [2.24, 2.45) is 5.73 Å². The van der Waals surface area contributed by atoms with Gasteiger partial charge in [0.05, 0.1) is 13.2 Å².